The molecule has 29 heavy (non-hydrogen) atoms. The molecular formula is C19H28N4O4SSi. The monoisotopic (exact) mass is 436 g/mol. The summed E-state index contributed by atoms with van der Waals surface area (Å²) in [7, 11) is -5.01. The molecule has 1 aliphatic heterocycles. The van der Waals surface area contributed by atoms with E-state index in [4.69, 9.17) is 10.5 Å². The Labute approximate surface area is 172 Å². The van der Waals surface area contributed by atoms with Crippen molar-refractivity contribution < 1.29 is 17.9 Å². The second kappa shape index (κ2) is 8.39. The zero-order valence-electron chi connectivity index (χ0n) is 17.0. The minimum atomic E-state index is -3.52. The van der Waals surface area contributed by atoms with E-state index in [1.54, 1.807) is 24.3 Å². The van der Waals surface area contributed by atoms with E-state index in [-0.39, 0.29) is 11.8 Å². The average Bonchev–Trinajstić information content (AvgIpc) is 3.09. The molecule has 1 amide bonds. The first kappa shape index (κ1) is 21.7. The van der Waals surface area contributed by atoms with Crippen molar-refractivity contribution in [1.82, 2.24) is 14.5 Å². The smallest absolute Gasteiger partial charge is 0.254 e. The zero-order valence-corrected chi connectivity index (χ0v) is 18.8. The average molecular weight is 437 g/mol. The number of nitrogens with two attached hydrogens (primary N) is 1. The van der Waals surface area contributed by atoms with Gasteiger partial charge in [0.25, 0.3) is 10.0 Å². The van der Waals surface area contributed by atoms with Gasteiger partial charge >= 0.3 is 0 Å². The number of amides is 1. The maximum atomic E-state index is 12.7. The highest BCUT2D eigenvalue weighted by molar-refractivity contribution is 7.90. The maximum absolute atomic E-state index is 12.7. The van der Waals surface area contributed by atoms with Crippen molar-refractivity contribution in [3.05, 3.63) is 35.5 Å². The van der Waals surface area contributed by atoms with E-state index < -0.39 is 24.0 Å². The molecule has 3 N–H and O–H groups in total. The molecule has 1 saturated heterocycles. The fraction of sp³-hybridized carbons (Fsp3) is 0.474. The number of benzene rings is 1. The number of nitrogens with zero attached hydrogens (tertiary/aromatic N) is 2. The number of carbonyl (C=O) groups excluding carboxylic acids is 1. The van der Waals surface area contributed by atoms with E-state index in [2.05, 4.69) is 30.1 Å². The Balaban J connectivity index is 1.91. The Kier molecular flexibility index (Phi) is 6.27. The van der Waals surface area contributed by atoms with Crippen LogP contribution in [0.25, 0.3) is 17.0 Å². The molecule has 1 aromatic carbocycles. The molecular weight excluding hydrogens is 408 g/mol. The number of hydrogen-bond donors (Lipinski definition) is 2. The molecule has 1 aliphatic rings. The van der Waals surface area contributed by atoms with E-state index in [0.29, 0.717) is 42.3 Å². The Morgan fingerprint density at radius 3 is 2.79 bits per heavy atom. The van der Waals surface area contributed by atoms with E-state index in [9.17, 15) is 13.2 Å². The van der Waals surface area contributed by atoms with Crippen LogP contribution < -0.4 is 11.1 Å². The van der Waals surface area contributed by atoms with Gasteiger partial charge in [0.05, 0.1) is 36.7 Å². The fourth-order valence-electron chi connectivity index (χ4n) is 3.15. The van der Waals surface area contributed by atoms with Crippen molar-refractivity contribution in [2.75, 3.05) is 25.5 Å². The summed E-state index contributed by atoms with van der Waals surface area (Å²) in [4.78, 5) is 11.9. The van der Waals surface area contributed by atoms with Gasteiger partial charge in [0.15, 0.2) is 0 Å². The lowest BCUT2D eigenvalue weighted by molar-refractivity contribution is -0.115. The molecule has 0 radical (unpaired) electrons. The van der Waals surface area contributed by atoms with Gasteiger partial charge in [-0.25, -0.2) is 8.42 Å². The second-order valence-electron chi connectivity index (χ2n) is 8.48. The van der Waals surface area contributed by atoms with Crippen molar-refractivity contribution in [2.24, 2.45) is 5.73 Å². The molecule has 0 saturated carbocycles. The van der Waals surface area contributed by atoms with Crippen LogP contribution in [0.1, 0.15) is 5.56 Å². The molecule has 10 heteroatoms. The maximum Gasteiger partial charge on any atom is 0.254 e. The summed E-state index contributed by atoms with van der Waals surface area (Å²) >= 11 is 0. The van der Waals surface area contributed by atoms with E-state index in [1.807, 2.05) is 0 Å². The molecule has 1 aromatic heterocycles. The van der Waals surface area contributed by atoms with Gasteiger partial charge in [0.2, 0.25) is 5.91 Å². The number of nitrogens with one attached hydrogen (secondary N) is 1. The third kappa shape index (κ3) is 5.33. The van der Waals surface area contributed by atoms with Crippen molar-refractivity contribution >= 4 is 41.0 Å². The molecule has 0 bridgehead atoms. The number of carbonyl (C=O) groups is 1. The number of rotatable bonds is 7. The highest BCUT2D eigenvalue weighted by Gasteiger charge is 2.23. The van der Waals surface area contributed by atoms with Gasteiger partial charge in [0.1, 0.15) is 0 Å². The molecule has 1 atom stereocenters. The van der Waals surface area contributed by atoms with Crippen molar-refractivity contribution in [3.8, 4) is 0 Å². The van der Waals surface area contributed by atoms with Crippen LogP contribution in [0.4, 0.5) is 0 Å². The first-order valence-electron chi connectivity index (χ1n) is 9.60. The third-order valence-electron chi connectivity index (χ3n) is 4.84. The number of fused-ring (bicyclic) bond motifs is 1. The molecule has 2 heterocycles. The molecule has 0 spiro atoms. The van der Waals surface area contributed by atoms with Crippen molar-refractivity contribution in [2.45, 2.75) is 31.7 Å². The SMILES string of the molecule is C[Si](C)(C)CCS(=O)(=O)n1ncc2cc(C=C(C(N)=O)C3COCCN3)ccc21. The lowest BCUT2D eigenvalue weighted by Crippen LogP contribution is -2.45. The zero-order chi connectivity index (χ0) is 21.2. The first-order chi connectivity index (χ1) is 13.6. The normalized spacial score (nSPS) is 18.9. The molecule has 8 nitrogen and oxygen atoms in total. The molecule has 1 fully saturated rings. The number of primary amides is 1. The molecule has 158 valence electrons. The van der Waals surface area contributed by atoms with Gasteiger partial charge in [-0.2, -0.15) is 9.19 Å². The van der Waals surface area contributed by atoms with E-state index >= 15 is 0 Å². The quantitative estimate of drug-likeness (QED) is 0.501. The number of hydrogen-bond acceptors (Lipinski definition) is 6. The summed E-state index contributed by atoms with van der Waals surface area (Å²) in [6.45, 7) is 8.06. The van der Waals surface area contributed by atoms with Crippen LogP contribution >= 0.6 is 0 Å². The van der Waals surface area contributed by atoms with Gasteiger partial charge < -0.3 is 15.8 Å². The van der Waals surface area contributed by atoms with Gasteiger partial charge in [-0.05, 0) is 29.8 Å². The van der Waals surface area contributed by atoms with Crippen LogP contribution in [0.15, 0.2) is 30.0 Å². The van der Waals surface area contributed by atoms with Crippen LogP contribution in [0.3, 0.4) is 0 Å². The van der Waals surface area contributed by atoms with Gasteiger partial charge in [-0.3, -0.25) is 4.79 Å². The van der Waals surface area contributed by atoms with Crippen molar-refractivity contribution in [3.63, 3.8) is 0 Å². The van der Waals surface area contributed by atoms with Gasteiger partial charge in [-0.15, -0.1) is 0 Å². The van der Waals surface area contributed by atoms with Crippen LogP contribution in [0.2, 0.25) is 25.7 Å². The Morgan fingerprint density at radius 1 is 1.41 bits per heavy atom. The van der Waals surface area contributed by atoms with Crippen LogP contribution in [-0.2, 0) is 19.6 Å². The molecule has 1 unspecified atom stereocenters. The number of aromatic nitrogens is 2. The van der Waals surface area contributed by atoms with Crippen LogP contribution in [0.5, 0.6) is 0 Å². The summed E-state index contributed by atoms with van der Waals surface area (Å²) in [5.41, 5.74) is 7.27. The number of morpholine rings is 1. The highest BCUT2D eigenvalue weighted by Crippen LogP contribution is 2.21. The Hall–Kier alpha value is -2.01. The number of ether oxygens (including phenoxy) is 1. The Bertz CT molecular complexity index is 1030. The fourth-order valence-corrected chi connectivity index (χ4v) is 7.46. The second-order valence-corrected chi connectivity index (χ2v) is 16.0. The predicted octanol–water partition coefficient (Wildman–Crippen LogP) is 1.41. The van der Waals surface area contributed by atoms with E-state index in [1.165, 1.54) is 6.20 Å². The summed E-state index contributed by atoms with van der Waals surface area (Å²) in [6.07, 6.45) is 3.25. The molecule has 3 rings (SSSR count). The lowest BCUT2D eigenvalue weighted by Gasteiger charge is -2.24. The third-order valence-corrected chi connectivity index (χ3v) is 8.49. The first-order valence-corrected chi connectivity index (χ1v) is 14.9. The Morgan fingerprint density at radius 2 is 2.17 bits per heavy atom. The summed E-state index contributed by atoms with van der Waals surface area (Å²) in [5.74, 6) is -0.432. The minimum Gasteiger partial charge on any atom is -0.378 e. The topological polar surface area (TPSA) is 116 Å². The summed E-state index contributed by atoms with van der Waals surface area (Å²) in [6, 6.07) is 5.70. The van der Waals surface area contributed by atoms with E-state index in [0.717, 1.165) is 9.65 Å². The van der Waals surface area contributed by atoms with Crippen LogP contribution in [0, 0.1) is 0 Å². The highest BCUT2D eigenvalue weighted by atomic mass is 32.2. The van der Waals surface area contributed by atoms with Gasteiger partial charge in [0, 0.05) is 25.6 Å². The lowest BCUT2D eigenvalue weighted by atomic mass is 10.0. The summed E-state index contributed by atoms with van der Waals surface area (Å²) in [5, 5.41) is 8.02. The standard InChI is InChI=1S/C19H28N4O4SSi/c1-29(2,3)9-8-28(25,26)23-18-5-4-14(10-15(18)12-22-23)11-16(19(20)24)17-13-27-7-6-21-17/h4-5,10-12,17,21H,6-9,13H2,1-3H3,(H2,20,24). The molecule has 0 aliphatic carbocycles. The predicted molar refractivity (Wildman–Crippen MR) is 117 cm³/mol. The summed E-state index contributed by atoms with van der Waals surface area (Å²) < 4.78 is 32.0. The van der Waals surface area contributed by atoms with Crippen molar-refractivity contribution in [1.29, 1.82) is 0 Å². The minimum absolute atomic E-state index is 0.0837. The van der Waals surface area contributed by atoms with Crippen LogP contribution in [-0.4, -0.2) is 63.1 Å². The largest absolute Gasteiger partial charge is 0.378 e. The molecule has 2 aromatic rings. The van der Waals surface area contributed by atoms with Gasteiger partial charge in [-0.1, -0.05) is 25.7 Å².